The number of aromatic nitrogens is 1. The van der Waals surface area contributed by atoms with Crippen LogP contribution in [0.15, 0.2) is 0 Å². The topological polar surface area (TPSA) is 4.93 Å². The zero-order valence-electron chi connectivity index (χ0n) is 7.69. The summed E-state index contributed by atoms with van der Waals surface area (Å²) in [5.74, 6) is 0. The van der Waals surface area contributed by atoms with Crippen LogP contribution < -0.4 is 0 Å². The summed E-state index contributed by atoms with van der Waals surface area (Å²) in [5.41, 5.74) is 6.76. The molecule has 0 saturated heterocycles. The Balaban J connectivity index is 2.28. The Morgan fingerprint density at radius 2 is 1.33 bits per heavy atom. The minimum atomic E-state index is 1.33. The fourth-order valence-corrected chi connectivity index (χ4v) is 3.01. The number of hydrogen-bond acceptors (Lipinski definition) is 0. The summed E-state index contributed by atoms with van der Waals surface area (Å²) >= 11 is 0. The van der Waals surface area contributed by atoms with E-state index in [2.05, 4.69) is 11.6 Å². The molecule has 0 saturated carbocycles. The van der Waals surface area contributed by atoms with Gasteiger partial charge < -0.3 is 4.57 Å². The molecule has 0 aliphatic heterocycles. The van der Waals surface area contributed by atoms with Gasteiger partial charge in [-0.15, -0.1) is 0 Å². The highest BCUT2D eigenvalue weighted by Gasteiger charge is 2.26. The van der Waals surface area contributed by atoms with E-state index in [0.29, 0.717) is 0 Å². The van der Waals surface area contributed by atoms with Crippen molar-refractivity contribution in [1.82, 2.24) is 4.57 Å². The van der Waals surface area contributed by atoms with E-state index in [1.807, 2.05) is 0 Å². The quantitative estimate of drug-likeness (QED) is 0.548. The van der Waals surface area contributed by atoms with Crippen LogP contribution in [0.4, 0.5) is 0 Å². The van der Waals surface area contributed by atoms with Crippen LogP contribution in [0.5, 0.6) is 0 Å². The molecule has 0 radical (unpaired) electrons. The summed E-state index contributed by atoms with van der Waals surface area (Å²) in [6.45, 7) is 0. The molecule has 0 unspecified atom stereocenters. The van der Waals surface area contributed by atoms with Gasteiger partial charge >= 0.3 is 0 Å². The van der Waals surface area contributed by atoms with Crippen molar-refractivity contribution >= 4 is 0 Å². The van der Waals surface area contributed by atoms with E-state index in [1.165, 1.54) is 38.5 Å². The Morgan fingerprint density at radius 1 is 0.833 bits per heavy atom. The van der Waals surface area contributed by atoms with Crippen molar-refractivity contribution in [1.29, 1.82) is 0 Å². The molecule has 2 aliphatic carbocycles. The van der Waals surface area contributed by atoms with E-state index in [1.54, 1.807) is 22.5 Å². The molecule has 0 spiro atoms. The van der Waals surface area contributed by atoms with Crippen molar-refractivity contribution in [3.05, 3.63) is 22.5 Å². The van der Waals surface area contributed by atoms with Crippen LogP contribution in [-0.2, 0) is 32.7 Å². The SMILES string of the molecule is Cn1c2c(c3c1CCC3)CCC2. The molecule has 0 fully saturated rings. The van der Waals surface area contributed by atoms with Gasteiger partial charge in [-0.25, -0.2) is 0 Å². The summed E-state index contributed by atoms with van der Waals surface area (Å²) in [6, 6.07) is 0. The maximum absolute atomic E-state index is 2.48. The van der Waals surface area contributed by atoms with E-state index in [0.717, 1.165) is 0 Å². The van der Waals surface area contributed by atoms with E-state index in [4.69, 9.17) is 0 Å². The molecule has 0 amide bonds. The zero-order valence-corrected chi connectivity index (χ0v) is 7.69. The van der Waals surface area contributed by atoms with E-state index >= 15 is 0 Å². The zero-order chi connectivity index (χ0) is 8.13. The lowest BCUT2D eigenvalue weighted by Crippen LogP contribution is -1.98. The van der Waals surface area contributed by atoms with Gasteiger partial charge in [0, 0.05) is 18.4 Å². The first kappa shape index (κ1) is 6.76. The first-order chi connectivity index (χ1) is 5.88. The van der Waals surface area contributed by atoms with Crippen LogP contribution in [0.3, 0.4) is 0 Å². The highest BCUT2D eigenvalue weighted by Crippen LogP contribution is 2.35. The summed E-state index contributed by atoms with van der Waals surface area (Å²) in [5, 5.41) is 0. The molecule has 1 aromatic rings. The molecule has 3 rings (SSSR count). The fraction of sp³-hybridized carbons (Fsp3) is 0.636. The Hall–Kier alpha value is -0.720. The third-order valence-electron chi connectivity index (χ3n) is 3.55. The van der Waals surface area contributed by atoms with Crippen molar-refractivity contribution < 1.29 is 0 Å². The molecule has 1 heteroatoms. The van der Waals surface area contributed by atoms with Gasteiger partial charge in [0.05, 0.1) is 0 Å². The third-order valence-corrected chi connectivity index (χ3v) is 3.55. The normalized spacial score (nSPS) is 19.8. The van der Waals surface area contributed by atoms with Gasteiger partial charge in [-0.1, -0.05) is 0 Å². The lowest BCUT2D eigenvalue weighted by molar-refractivity contribution is 0.757. The van der Waals surface area contributed by atoms with Crippen molar-refractivity contribution in [2.75, 3.05) is 0 Å². The van der Waals surface area contributed by atoms with E-state index in [9.17, 15) is 0 Å². The van der Waals surface area contributed by atoms with Crippen molar-refractivity contribution in [3.8, 4) is 0 Å². The van der Waals surface area contributed by atoms with Gasteiger partial charge in [-0.2, -0.15) is 0 Å². The Morgan fingerprint density at radius 3 is 1.83 bits per heavy atom. The highest BCUT2D eigenvalue weighted by atomic mass is 15.0. The average molecular weight is 161 g/mol. The molecule has 1 nitrogen and oxygen atoms in total. The van der Waals surface area contributed by atoms with Gasteiger partial charge in [0.25, 0.3) is 0 Å². The molecule has 0 aromatic carbocycles. The standard InChI is InChI=1S/C11H15N/c1-12-10-6-2-4-8(10)9-5-3-7-11(9)12/h2-7H2,1H3. The molecule has 64 valence electrons. The van der Waals surface area contributed by atoms with Crippen LogP contribution in [0.1, 0.15) is 35.4 Å². The Labute approximate surface area is 73.4 Å². The average Bonchev–Trinajstić information content (AvgIpc) is 2.72. The van der Waals surface area contributed by atoms with E-state index < -0.39 is 0 Å². The maximum Gasteiger partial charge on any atom is 0.0209 e. The second kappa shape index (κ2) is 2.15. The Bertz CT molecular complexity index is 302. The molecular weight excluding hydrogens is 146 g/mol. The smallest absolute Gasteiger partial charge is 0.0209 e. The molecule has 12 heavy (non-hydrogen) atoms. The van der Waals surface area contributed by atoms with Crippen LogP contribution in [0.25, 0.3) is 0 Å². The predicted molar refractivity (Wildman–Crippen MR) is 49.5 cm³/mol. The molecule has 1 aromatic heterocycles. The molecule has 2 aliphatic rings. The summed E-state index contributed by atoms with van der Waals surface area (Å²) in [7, 11) is 2.26. The lowest BCUT2D eigenvalue weighted by atomic mass is 10.1. The largest absolute Gasteiger partial charge is 0.351 e. The summed E-state index contributed by atoms with van der Waals surface area (Å²) in [6.07, 6.45) is 8.17. The second-order valence-corrected chi connectivity index (χ2v) is 4.12. The number of fused-ring (bicyclic) bond motifs is 3. The van der Waals surface area contributed by atoms with Gasteiger partial charge in [0.1, 0.15) is 0 Å². The van der Waals surface area contributed by atoms with Crippen molar-refractivity contribution in [2.45, 2.75) is 38.5 Å². The highest BCUT2D eigenvalue weighted by molar-refractivity contribution is 5.43. The van der Waals surface area contributed by atoms with Crippen LogP contribution in [0, 0.1) is 0 Å². The molecule has 1 heterocycles. The van der Waals surface area contributed by atoms with Gasteiger partial charge in [-0.05, 0) is 49.7 Å². The maximum atomic E-state index is 2.48. The molecular formula is C11H15N. The first-order valence-corrected chi connectivity index (χ1v) is 5.06. The van der Waals surface area contributed by atoms with Gasteiger partial charge in [0.2, 0.25) is 0 Å². The number of hydrogen-bond donors (Lipinski definition) is 0. The predicted octanol–water partition coefficient (Wildman–Crippen LogP) is 2.00. The number of rotatable bonds is 0. The molecule has 0 atom stereocenters. The minimum absolute atomic E-state index is 1.33. The minimum Gasteiger partial charge on any atom is -0.351 e. The van der Waals surface area contributed by atoms with Crippen LogP contribution in [-0.4, -0.2) is 4.57 Å². The van der Waals surface area contributed by atoms with E-state index in [-0.39, 0.29) is 0 Å². The Kier molecular flexibility index (Phi) is 1.21. The monoisotopic (exact) mass is 161 g/mol. The van der Waals surface area contributed by atoms with Crippen molar-refractivity contribution in [3.63, 3.8) is 0 Å². The van der Waals surface area contributed by atoms with Crippen molar-refractivity contribution in [2.24, 2.45) is 7.05 Å². The van der Waals surface area contributed by atoms with Crippen LogP contribution in [0.2, 0.25) is 0 Å². The lowest BCUT2D eigenvalue weighted by Gasteiger charge is -2.02. The van der Waals surface area contributed by atoms with Crippen LogP contribution >= 0.6 is 0 Å². The summed E-state index contributed by atoms with van der Waals surface area (Å²) in [4.78, 5) is 0. The first-order valence-electron chi connectivity index (χ1n) is 5.06. The second-order valence-electron chi connectivity index (χ2n) is 4.12. The number of nitrogens with zero attached hydrogens (tertiary/aromatic N) is 1. The fourth-order valence-electron chi connectivity index (χ4n) is 3.01. The molecule has 0 bridgehead atoms. The van der Waals surface area contributed by atoms with Gasteiger partial charge in [0.15, 0.2) is 0 Å². The molecule has 0 N–H and O–H groups in total. The third kappa shape index (κ3) is 0.650. The van der Waals surface area contributed by atoms with Gasteiger partial charge in [-0.3, -0.25) is 0 Å². The summed E-state index contributed by atoms with van der Waals surface area (Å²) < 4.78 is 2.48.